The predicted octanol–water partition coefficient (Wildman–Crippen LogP) is 2.05. The smallest absolute Gasteiger partial charge is 0.409 e. The number of aromatic hydroxyl groups is 1. The van der Waals surface area contributed by atoms with Crippen LogP contribution in [0.25, 0.3) is 0 Å². The number of likely N-dealkylation sites (tertiary alicyclic amines) is 1. The highest BCUT2D eigenvalue weighted by atomic mass is 79.9. The summed E-state index contributed by atoms with van der Waals surface area (Å²) in [6.45, 7) is 2.63. The fraction of sp³-hybridized carbons (Fsp3) is 0.471. The van der Waals surface area contributed by atoms with E-state index in [1.165, 1.54) is 12.1 Å². The maximum atomic E-state index is 12.0. The molecule has 2 amide bonds. The third kappa shape index (κ3) is 5.62. The van der Waals surface area contributed by atoms with Gasteiger partial charge in [0.25, 0.3) is 5.91 Å². The van der Waals surface area contributed by atoms with Gasteiger partial charge < -0.3 is 24.8 Å². The van der Waals surface area contributed by atoms with Crippen molar-refractivity contribution in [1.82, 2.24) is 10.2 Å². The third-order valence-corrected chi connectivity index (χ3v) is 4.39. The van der Waals surface area contributed by atoms with Gasteiger partial charge in [0.1, 0.15) is 11.3 Å². The SMILES string of the molecule is CCOC(=O)N1CCC(NC(=O)COC(=O)c2cc(Br)ccc2O)CC1. The van der Waals surface area contributed by atoms with E-state index >= 15 is 0 Å². The van der Waals surface area contributed by atoms with Crippen molar-refractivity contribution in [2.75, 3.05) is 26.3 Å². The maximum Gasteiger partial charge on any atom is 0.409 e. The molecule has 0 aliphatic carbocycles. The minimum atomic E-state index is -0.781. The molecule has 0 aromatic heterocycles. The second kappa shape index (κ2) is 9.42. The van der Waals surface area contributed by atoms with E-state index in [4.69, 9.17) is 9.47 Å². The first-order valence-corrected chi connectivity index (χ1v) is 9.06. The number of rotatable bonds is 5. The van der Waals surface area contributed by atoms with Crippen molar-refractivity contribution < 1.29 is 29.0 Å². The summed E-state index contributed by atoms with van der Waals surface area (Å²) in [7, 11) is 0. The minimum Gasteiger partial charge on any atom is -0.507 e. The van der Waals surface area contributed by atoms with Crippen molar-refractivity contribution in [3.63, 3.8) is 0 Å². The van der Waals surface area contributed by atoms with Crippen molar-refractivity contribution >= 4 is 33.9 Å². The summed E-state index contributed by atoms with van der Waals surface area (Å²) in [5, 5.41) is 12.5. The fourth-order valence-electron chi connectivity index (χ4n) is 2.57. The lowest BCUT2D eigenvalue weighted by atomic mass is 10.1. The Morgan fingerprint density at radius 3 is 2.62 bits per heavy atom. The van der Waals surface area contributed by atoms with Crippen LogP contribution in [0, 0.1) is 0 Å². The molecule has 1 heterocycles. The lowest BCUT2D eigenvalue weighted by molar-refractivity contribution is -0.125. The van der Waals surface area contributed by atoms with Crippen LogP contribution < -0.4 is 5.32 Å². The quantitative estimate of drug-likeness (QED) is 0.695. The average molecular weight is 429 g/mol. The summed E-state index contributed by atoms with van der Waals surface area (Å²) < 4.78 is 10.5. The molecule has 0 atom stereocenters. The molecule has 0 unspecified atom stereocenters. The summed E-state index contributed by atoms with van der Waals surface area (Å²) in [6.07, 6.45) is 0.857. The summed E-state index contributed by atoms with van der Waals surface area (Å²) in [4.78, 5) is 37.1. The molecule has 1 saturated heterocycles. The Balaban J connectivity index is 1.75. The first-order chi connectivity index (χ1) is 12.4. The van der Waals surface area contributed by atoms with Gasteiger partial charge in [0.2, 0.25) is 0 Å². The van der Waals surface area contributed by atoms with E-state index in [2.05, 4.69) is 21.2 Å². The number of benzene rings is 1. The number of carbonyl (C=O) groups is 3. The van der Waals surface area contributed by atoms with E-state index in [0.717, 1.165) is 0 Å². The molecule has 0 spiro atoms. The van der Waals surface area contributed by atoms with Crippen LogP contribution in [0.15, 0.2) is 22.7 Å². The highest BCUT2D eigenvalue weighted by Gasteiger charge is 2.25. The van der Waals surface area contributed by atoms with E-state index in [1.54, 1.807) is 17.9 Å². The van der Waals surface area contributed by atoms with Gasteiger partial charge in [0, 0.05) is 23.6 Å². The Morgan fingerprint density at radius 2 is 1.96 bits per heavy atom. The molecule has 2 rings (SSSR count). The van der Waals surface area contributed by atoms with E-state index in [1.807, 2.05) is 0 Å². The van der Waals surface area contributed by atoms with Crippen LogP contribution in [0.4, 0.5) is 4.79 Å². The van der Waals surface area contributed by atoms with E-state index < -0.39 is 18.5 Å². The van der Waals surface area contributed by atoms with Crippen LogP contribution in [-0.2, 0) is 14.3 Å². The number of ether oxygens (including phenoxy) is 2. The number of hydrogen-bond donors (Lipinski definition) is 2. The van der Waals surface area contributed by atoms with Gasteiger partial charge >= 0.3 is 12.1 Å². The van der Waals surface area contributed by atoms with E-state index in [-0.39, 0.29) is 23.4 Å². The number of nitrogens with one attached hydrogen (secondary N) is 1. The molecule has 0 bridgehead atoms. The topological polar surface area (TPSA) is 105 Å². The van der Waals surface area contributed by atoms with Crippen LogP contribution in [0.2, 0.25) is 0 Å². The van der Waals surface area contributed by atoms with Gasteiger partial charge in [0.15, 0.2) is 6.61 Å². The fourth-order valence-corrected chi connectivity index (χ4v) is 2.93. The highest BCUT2D eigenvalue weighted by molar-refractivity contribution is 9.10. The maximum absolute atomic E-state index is 12.0. The first kappa shape index (κ1) is 20.0. The number of halogens is 1. The van der Waals surface area contributed by atoms with Gasteiger partial charge in [-0.25, -0.2) is 9.59 Å². The van der Waals surface area contributed by atoms with Crippen LogP contribution in [0.5, 0.6) is 5.75 Å². The second-order valence-corrected chi connectivity index (χ2v) is 6.68. The standard InChI is InChI=1S/C17H21BrN2O6/c1-2-25-17(24)20-7-5-12(6-8-20)19-15(22)10-26-16(23)13-9-11(18)3-4-14(13)21/h3-4,9,12,21H,2,5-8,10H2,1H3,(H,19,22). The Labute approximate surface area is 159 Å². The van der Waals surface area contributed by atoms with Gasteiger partial charge in [-0.1, -0.05) is 15.9 Å². The van der Waals surface area contributed by atoms with E-state index in [0.29, 0.717) is 37.0 Å². The van der Waals surface area contributed by atoms with Gasteiger partial charge in [-0.3, -0.25) is 4.79 Å². The lowest BCUT2D eigenvalue weighted by Gasteiger charge is -2.31. The highest BCUT2D eigenvalue weighted by Crippen LogP contribution is 2.22. The Hall–Kier alpha value is -2.29. The molecule has 8 nitrogen and oxygen atoms in total. The molecule has 1 aliphatic heterocycles. The zero-order chi connectivity index (χ0) is 19.1. The molecule has 9 heteroatoms. The molecule has 26 heavy (non-hydrogen) atoms. The molecular formula is C17H21BrN2O6. The predicted molar refractivity (Wildman–Crippen MR) is 95.8 cm³/mol. The number of esters is 1. The monoisotopic (exact) mass is 428 g/mol. The minimum absolute atomic E-state index is 0.0186. The van der Waals surface area contributed by atoms with Crippen molar-refractivity contribution in [2.45, 2.75) is 25.8 Å². The van der Waals surface area contributed by atoms with Crippen LogP contribution in [0.1, 0.15) is 30.1 Å². The number of piperidine rings is 1. The summed E-state index contributed by atoms with van der Waals surface area (Å²) >= 11 is 3.20. The van der Waals surface area contributed by atoms with Crippen LogP contribution in [-0.4, -0.2) is 60.3 Å². The van der Waals surface area contributed by atoms with Crippen molar-refractivity contribution in [2.24, 2.45) is 0 Å². The number of hydrogen-bond acceptors (Lipinski definition) is 6. The third-order valence-electron chi connectivity index (χ3n) is 3.90. The van der Waals surface area contributed by atoms with Gasteiger partial charge in [-0.2, -0.15) is 0 Å². The van der Waals surface area contributed by atoms with Gasteiger partial charge in [0.05, 0.1) is 6.61 Å². The first-order valence-electron chi connectivity index (χ1n) is 8.27. The Kier molecular flexibility index (Phi) is 7.26. The average Bonchev–Trinajstić information content (AvgIpc) is 2.62. The Morgan fingerprint density at radius 1 is 1.27 bits per heavy atom. The Bertz CT molecular complexity index is 673. The molecule has 2 N–H and O–H groups in total. The molecule has 0 saturated carbocycles. The van der Waals surface area contributed by atoms with Crippen LogP contribution >= 0.6 is 15.9 Å². The number of phenols is 1. The summed E-state index contributed by atoms with van der Waals surface area (Å²) in [5.74, 6) is -1.43. The van der Waals surface area contributed by atoms with E-state index in [9.17, 15) is 19.5 Å². The zero-order valence-electron chi connectivity index (χ0n) is 14.4. The largest absolute Gasteiger partial charge is 0.507 e. The van der Waals surface area contributed by atoms with Gasteiger partial charge in [-0.05, 0) is 38.0 Å². The molecule has 0 radical (unpaired) electrons. The van der Waals surface area contributed by atoms with Crippen LogP contribution in [0.3, 0.4) is 0 Å². The second-order valence-electron chi connectivity index (χ2n) is 5.77. The normalized spacial score (nSPS) is 14.6. The molecular weight excluding hydrogens is 408 g/mol. The number of phenolic OH excluding ortho intramolecular Hbond substituents is 1. The number of amides is 2. The van der Waals surface area contributed by atoms with Crippen molar-refractivity contribution in [1.29, 1.82) is 0 Å². The zero-order valence-corrected chi connectivity index (χ0v) is 16.0. The molecule has 1 aliphatic rings. The number of carbonyl (C=O) groups excluding carboxylic acids is 3. The van der Waals surface area contributed by atoms with Crippen molar-refractivity contribution in [3.8, 4) is 5.75 Å². The van der Waals surface area contributed by atoms with Gasteiger partial charge in [-0.15, -0.1) is 0 Å². The molecule has 1 aromatic carbocycles. The molecule has 142 valence electrons. The summed E-state index contributed by atoms with van der Waals surface area (Å²) in [6, 6.07) is 4.27. The lowest BCUT2D eigenvalue weighted by Crippen LogP contribution is -2.47. The van der Waals surface area contributed by atoms with Crippen molar-refractivity contribution in [3.05, 3.63) is 28.2 Å². The molecule has 1 aromatic rings. The number of nitrogens with zero attached hydrogens (tertiary/aromatic N) is 1. The molecule has 1 fully saturated rings. The summed E-state index contributed by atoms with van der Waals surface area (Å²) in [5.41, 5.74) is -0.0186.